The van der Waals surface area contributed by atoms with Gasteiger partial charge in [-0.3, -0.25) is 0 Å². The van der Waals surface area contributed by atoms with Crippen molar-refractivity contribution in [3.63, 3.8) is 0 Å². The molecular weight excluding hydrogens is 583 g/mol. The minimum absolute atomic E-state index is 0.236. The zero-order chi connectivity index (χ0) is 30.8. The van der Waals surface area contributed by atoms with Crippen molar-refractivity contribution in [2.75, 3.05) is 0 Å². The maximum atomic E-state index is 4.99. The molecule has 3 heterocycles. The molecule has 5 nitrogen and oxygen atoms in total. The Morgan fingerprint density at radius 3 is 1.72 bits per heavy atom. The molecule has 0 amide bonds. The number of thiophene rings is 1. The highest BCUT2D eigenvalue weighted by atomic mass is 32.1. The van der Waals surface area contributed by atoms with Crippen molar-refractivity contribution in [3.8, 4) is 56.5 Å². The first-order chi connectivity index (χ1) is 22.5. The van der Waals surface area contributed by atoms with Crippen molar-refractivity contribution in [2.45, 2.75) is 19.3 Å². The van der Waals surface area contributed by atoms with Gasteiger partial charge in [-0.2, -0.15) is 0 Å². The van der Waals surface area contributed by atoms with Crippen LogP contribution in [-0.2, 0) is 5.41 Å². The van der Waals surface area contributed by atoms with Gasteiger partial charge < -0.3 is 0 Å². The first-order valence-electron chi connectivity index (χ1n) is 15.3. The zero-order valence-electron chi connectivity index (χ0n) is 25.3. The highest BCUT2D eigenvalue weighted by molar-refractivity contribution is 7.26. The fourth-order valence-electron chi connectivity index (χ4n) is 6.69. The van der Waals surface area contributed by atoms with Crippen LogP contribution in [0.25, 0.3) is 76.9 Å². The number of hydrogen-bond donors (Lipinski definition) is 0. The molecule has 9 rings (SSSR count). The van der Waals surface area contributed by atoms with Gasteiger partial charge in [-0.1, -0.05) is 117 Å². The van der Waals surface area contributed by atoms with Gasteiger partial charge in [-0.15, -0.1) is 11.3 Å². The standard InChI is InChI=1S/C40H27N5S/c1-40(2)31-21-26(34-36-35(42-23-41-34)30-15-9-10-16-33(30)46-36)17-19-28(31)29-20-18-27(22-32(29)40)39-44-37(24-11-5-3-6-12-24)43-38(45-39)25-13-7-4-8-14-25/h3-23H,1-2H3. The highest BCUT2D eigenvalue weighted by Crippen LogP contribution is 2.51. The summed E-state index contributed by atoms with van der Waals surface area (Å²) in [4.78, 5) is 24.3. The van der Waals surface area contributed by atoms with Gasteiger partial charge in [0.2, 0.25) is 0 Å². The monoisotopic (exact) mass is 609 g/mol. The molecule has 46 heavy (non-hydrogen) atoms. The summed E-state index contributed by atoms with van der Waals surface area (Å²) >= 11 is 1.76. The molecule has 0 N–H and O–H groups in total. The smallest absolute Gasteiger partial charge is 0.164 e. The molecule has 0 radical (unpaired) electrons. The topological polar surface area (TPSA) is 64.5 Å². The molecule has 1 aliphatic rings. The first-order valence-corrected chi connectivity index (χ1v) is 16.2. The van der Waals surface area contributed by atoms with E-state index in [0.717, 1.165) is 38.2 Å². The highest BCUT2D eigenvalue weighted by Gasteiger charge is 2.36. The Morgan fingerprint density at radius 2 is 1.07 bits per heavy atom. The number of fused-ring (bicyclic) bond motifs is 6. The van der Waals surface area contributed by atoms with E-state index in [2.05, 4.69) is 79.5 Å². The molecule has 0 aliphatic heterocycles. The maximum Gasteiger partial charge on any atom is 0.164 e. The van der Waals surface area contributed by atoms with E-state index in [1.54, 1.807) is 17.7 Å². The van der Waals surface area contributed by atoms with E-state index in [-0.39, 0.29) is 5.41 Å². The number of benzene rings is 5. The van der Waals surface area contributed by atoms with Gasteiger partial charge in [0.05, 0.1) is 15.9 Å². The second-order valence-corrected chi connectivity index (χ2v) is 13.2. The average molecular weight is 610 g/mol. The Kier molecular flexibility index (Phi) is 5.95. The molecule has 0 atom stereocenters. The fraction of sp³-hybridized carbons (Fsp3) is 0.0750. The van der Waals surface area contributed by atoms with Crippen LogP contribution < -0.4 is 0 Å². The molecule has 0 saturated carbocycles. The Balaban J connectivity index is 1.16. The molecule has 0 fully saturated rings. The zero-order valence-corrected chi connectivity index (χ0v) is 26.1. The maximum absolute atomic E-state index is 4.99. The molecule has 0 spiro atoms. The number of hydrogen-bond acceptors (Lipinski definition) is 6. The van der Waals surface area contributed by atoms with Crippen molar-refractivity contribution < 1.29 is 0 Å². The lowest BCUT2D eigenvalue weighted by Crippen LogP contribution is -2.15. The summed E-state index contributed by atoms with van der Waals surface area (Å²) in [6, 6.07) is 42.1. The SMILES string of the molecule is CC1(C)c2cc(-c3nc(-c4ccccc4)nc(-c4ccccc4)n3)ccc2-c2ccc(-c3ncnc4c3sc3ccccc34)cc21. The van der Waals surface area contributed by atoms with Crippen LogP contribution in [0.4, 0.5) is 0 Å². The molecule has 6 heteroatoms. The van der Waals surface area contributed by atoms with Crippen molar-refractivity contribution in [1.82, 2.24) is 24.9 Å². The Hall–Kier alpha value is -5.59. The van der Waals surface area contributed by atoms with E-state index in [4.69, 9.17) is 19.9 Å². The van der Waals surface area contributed by atoms with Crippen molar-refractivity contribution in [2.24, 2.45) is 0 Å². The summed E-state index contributed by atoms with van der Waals surface area (Å²) in [5.41, 5.74) is 10.8. The van der Waals surface area contributed by atoms with Gasteiger partial charge in [0.1, 0.15) is 6.33 Å². The normalized spacial score (nSPS) is 13.2. The van der Waals surface area contributed by atoms with Crippen molar-refractivity contribution >= 4 is 31.6 Å². The van der Waals surface area contributed by atoms with Crippen LogP contribution in [0.3, 0.4) is 0 Å². The lowest BCUT2D eigenvalue weighted by molar-refractivity contribution is 0.660. The number of nitrogens with zero attached hydrogens (tertiary/aromatic N) is 5. The molecule has 5 aromatic carbocycles. The molecule has 0 saturated heterocycles. The van der Waals surface area contributed by atoms with E-state index >= 15 is 0 Å². The predicted octanol–water partition coefficient (Wildman–Crippen LogP) is 10.0. The van der Waals surface area contributed by atoms with Crippen LogP contribution in [-0.4, -0.2) is 24.9 Å². The quantitative estimate of drug-likeness (QED) is 0.199. The second kappa shape index (κ2) is 10.2. The van der Waals surface area contributed by atoms with Crippen LogP contribution in [0.2, 0.25) is 0 Å². The lowest BCUT2D eigenvalue weighted by atomic mass is 9.81. The largest absolute Gasteiger partial charge is 0.235 e. The van der Waals surface area contributed by atoms with Crippen molar-refractivity contribution in [3.05, 3.63) is 139 Å². The third kappa shape index (κ3) is 4.18. The van der Waals surface area contributed by atoms with E-state index in [1.807, 2.05) is 60.7 Å². The van der Waals surface area contributed by atoms with Gasteiger partial charge in [-0.05, 0) is 40.5 Å². The molecule has 1 aliphatic carbocycles. The van der Waals surface area contributed by atoms with Crippen LogP contribution in [0, 0.1) is 0 Å². The van der Waals surface area contributed by atoms with Gasteiger partial charge >= 0.3 is 0 Å². The van der Waals surface area contributed by atoms with E-state index in [1.165, 1.54) is 32.3 Å². The number of aromatic nitrogens is 5. The second-order valence-electron chi connectivity index (χ2n) is 12.2. The summed E-state index contributed by atoms with van der Waals surface area (Å²) in [7, 11) is 0. The summed E-state index contributed by atoms with van der Waals surface area (Å²) in [6.07, 6.45) is 1.69. The third-order valence-electron chi connectivity index (χ3n) is 9.07. The van der Waals surface area contributed by atoms with Gasteiger partial charge in [0, 0.05) is 37.8 Å². The first kappa shape index (κ1) is 26.8. The fourth-order valence-corrected chi connectivity index (χ4v) is 7.86. The molecule has 8 aromatic rings. The summed E-state index contributed by atoms with van der Waals surface area (Å²) < 4.78 is 2.35. The Bertz CT molecular complexity index is 2390. The van der Waals surface area contributed by atoms with E-state index < -0.39 is 0 Å². The van der Waals surface area contributed by atoms with Crippen LogP contribution >= 0.6 is 11.3 Å². The third-order valence-corrected chi connectivity index (χ3v) is 10.2. The molecular formula is C40H27N5S. The lowest BCUT2D eigenvalue weighted by Gasteiger charge is -2.22. The summed E-state index contributed by atoms with van der Waals surface area (Å²) in [5.74, 6) is 1.99. The van der Waals surface area contributed by atoms with Crippen LogP contribution in [0.5, 0.6) is 0 Å². The summed E-state index contributed by atoms with van der Waals surface area (Å²) in [6.45, 7) is 4.61. The Morgan fingerprint density at radius 1 is 0.522 bits per heavy atom. The molecule has 0 bridgehead atoms. The number of rotatable bonds is 4. The Labute approximate surface area is 270 Å². The van der Waals surface area contributed by atoms with Gasteiger partial charge in [0.25, 0.3) is 0 Å². The van der Waals surface area contributed by atoms with Crippen molar-refractivity contribution in [1.29, 1.82) is 0 Å². The average Bonchev–Trinajstić information content (AvgIpc) is 3.60. The molecule has 218 valence electrons. The van der Waals surface area contributed by atoms with Gasteiger partial charge in [0.15, 0.2) is 17.5 Å². The van der Waals surface area contributed by atoms with Crippen LogP contribution in [0.15, 0.2) is 128 Å². The predicted molar refractivity (Wildman–Crippen MR) is 188 cm³/mol. The molecule has 3 aromatic heterocycles. The minimum Gasteiger partial charge on any atom is -0.235 e. The van der Waals surface area contributed by atoms with Gasteiger partial charge in [-0.25, -0.2) is 24.9 Å². The molecule has 0 unspecified atom stereocenters. The van der Waals surface area contributed by atoms with E-state index in [0.29, 0.717) is 17.5 Å². The van der Waals surface area contributed by atoms with E-state index in [9.17, 15) is 0 Å². The summed E-state index contributed by atoms with van der Waals surface area (Å²) in [5, 5.41) is 1.18. The minimum atomic E-state index is -0.236. The van der Waals surface area contributed by atoms with Crippen LogP contribution in [0.1, 0.15) is 25.0 Å².